The molecule has 1 aromatic carbocycles. The van der Waals surface area contributed by atoms with Gasteiger partial charge in [0, 0.05) is 13.0 Å². The van der Waals surface area contributed by atoms with Crippen molar-refractivity contribution in [1.29, 1.82) is 0 Å². The molecule has 0 saturated heterocycles. The topological polar surface area (TPSA) is 61.4 Å². The Bertz CT molecular complexity index is 872. The Kier molecular flexibility index (Phi) is 4.38. The summed E-state index contributed by atoms with van der Waals surface area (Å²) in [7, 11) is 0. The summed E-state index contributed by atoms with van der Waals surface area (Å²) in [5.41, 5.74) is 1.81. The van der Waals surface area contributed by atoms with E-state index in [2.05, 4.69) is 43.1 Å². The van der Waals surface area contributed by atoms with Crippen LogP contribution in [0.5, 0.6) is 5.75 Å². The van der Waals surface area contributed by atoms with Crippen molar-refractivity contribution in [2.24, 2.45) is 0 Å². The summed E-state index contributed by atoms with van der Waals surface area (Å²) in [4.78, 5) is 12.2. The van der Waals surface area contributed by atoms with Crippen LogP contribution in [0.1, 0.15) is 32.8 Å². The van der Waals surface area contributed by atoms with Crippen molar-refractivity contribution in [3.63, 3.8) is 0 Å². The number of nitrogens with zero attached hydrogens (tertiary/aromatic N) is 4. The second-order valence-electron chi connectivity index (χ2n) is 6.80. The molecule has 3 aromatic rings. The number of rotatable bonds is 5. The highest BCUT2D eigenvalue weighted by Crippen LogP contribution is 2.24. The molecule has 6 nitrogen and oxygen atoms in total. The Labute approximate surface area is 140 Å². The number of fused-ring (bicyclic) bond motifs is 1. The predicted molar refractivity (Wildman–Crippen MR) is 92.5 cm³/mol. The largest absolute Gasteiger partial charge is 0.494 e. The van der Waals surface area contributed by atoms with E-state index in [1.54, 1.807) is 18.6 Å². The first kappa shape index (κ1) is 16.2. The molecule has 0 amide bonds. The molecule has 0 fully saturated rings. The van der Waals surface area contributed by atoms with Gasteiger partial charge in [0.05, 0.1) is 12.8 Å². The van der Waals surface area contributed by atoms with E-state index in [1.807, 2.05) is 12.1 Å². The van der Waals surface area contributed by atoms with Crippen molar-refractivity contribution in [2.75, 3.05) is 6.61 Å². The van der Waals surface area contributed by atoms with Gasteiger partial charge in [0.1, 0.15) is 17.6 Å². The third kappa shape index (κ3) is 3.48. The molecule has 2 heterocycles. The summed E-state index contributed by atoms with van der Waals surface area (Å²) in [5, 5.41) is 8.11. The molecule has 0 aliphatic heterocycles. The fourth-order valence-corrected chi connectivity index (χ4v) is 2.49. The number of ether oxygens (including phenoxy) is 1. The lowest BCUT2D eigenvalue weighted by molar-refractivity contribution is 0.296. The van der Waals surface area contributed by atoms with Gasteiger partial charge in [0.25, 0.3) is 5.56 Å². The minimum absolute atomic E-state index is 0.135. The average molecular weight is 326 g/mol. The zero-order valence-corrected chi connectivity index (χ0v) is 14.3. The number of hydrogen-bond acceptors (Lipinski definition) is 4. The molecule has 126 valence electrons. The fraction of sp³-hybridized carbons (Fsp3) is 0.389. The first-order valence-corrected chi connectivity index (χ1v) is 8.08. The molecule has 24 heavy (non-hydrogen) atoms. The molecule has 2 aromatic heterocycles. The molecule has 0 saturated carbocycles. The van der Waals surface area contributed by atoms with E-state index in [-0.39, 0.29) is 11.0 Å². The van der Waals surface area contributed by atoms with Crippen molar-refractivity contribution < 1.29 is 4.74 Å². The van der Waals surface area contributed by atoms with Crippen molar-refractivity contribution in [3.05, 3.63) is 58.8 Å². The van der Waals surface area contributed by atoms with E-state index in [1.165, 1.54) is 14.8 Å². The Hall–Kier alpha value is -2.63. The van der Waals surface area contributed by atoms with E-state index in [0.717, 1.165) is 5.75 Å². The first-order chi connectivity index (χ1) is 11.4. The lowest BCUT2D eigenvalue weighted by Crippen LogP contribution is -2.25. The highest BCUT2D eigenvalue weighted by molar-refractivity contribution is 5.41. The van der Waals surface area contributed by atoms with Crippen molar-refractivity contribution >= 4 is 5.52 Å². The SMILES string of the molecule is CC(C)(C)c1ccc(OCCCn2ncn3nccc3c2=O)cc1. The summed E-state index contributed by atoms with van der Waals surface area (Å²) >= 11 is 0. The predicted octanol–water partition coefficient (Wildman–Crippen LogP) is 2.66. The van der Waals surface area contributed by atoms with E-state index in [9.17, 15) is 4.79 Å². The van der Waals surface area contributed by atoms with Crippen LogP contribution >= 0.6 is 0 Å². The van der Waals surface area contributed by atoms with Gasteiger partial charge in [-0.25, -0.2) is 9.20 Å². The lowest BCUT2D eigenvalue weighted by atomic mass is 9.87. The Morgan fingerprint density at radius 3 is 2.54 bits per heavy atom. The number of hydrogen-bond donors (Lipinski definition) is 0. The van der Waals surface area contributed by atoms with Gasteiger partial charge in [-0.05, 0) is 29.2 Å². The first-order valence-electron chi connectivity index (χ1n) is 8.08. The standard InChI is InChI=1S/C18H22N4O2/c1-18(2,3)14-5-7-15(8-6-14)24-12-4-11-21-17(23)16-9-10-19-22(16)13-20-21/h5-10,13H,4,11-12H2,1-3H3. The van der Waals surface area contributed by atoms with E-state index < -0.39 is 0 Å². The Morgan fingerprint density at radius 2 is 1.83 bits per heavy atom. The zero-order valence-electron chi connectivity index (χ0n) is 14.3. The molecule has 0 unspecified atom stereocenters. The molecule has 0 aliphatic carbocycles. The van der Waals surface area contributed by atoms with Crippen LogP contribution < -0.4 is 10.3 Å². The smallest absolute Gasteiger partial charge is 0.292 e. The quantitative estimate of drug-likeness (QED) is 0.676. The van der Waals surface area contributed by atoms with Crippen molar-refractivity contribution in [3.8, 4) is 5.75 Å². The lowest BCUT2D eigenvalue weighted by Gasteiger charge is -2.19. The normalized spacial score (nSPS) is 11.8. The minimum Gasteiger partial charge on any atom is -0.494 e. The van der Waals surface area contributed by atoms with Gasteiger partial charge in [-0.2, -0.15) is 10.2 Å². The summed E-state index contributed by atoms with van der Waals surface area (Å²) in [6, 6.07) is 9.85. The fourth-order valence-electron chi connectivity index (χ4n) is 2.49. The maximum absolute atomic E-state index is 12.2. The van der Waals surface area contributed by atoms with Crippen molar-refractivity contribution in [2.45, 2.75) is 39.2 Å². The molecule has 0 aliphatic rings. The van der Waals surface area contributed by atoms with Crippen LogP contribution in [0.3, 0.4) is 0 Å². The van der Waals surface area contributed by atoms with Gasteiger partial charge < -0.3 is 4.74 Å². The average Bonchev–Trinajstić information content (AvgIpc) is 3.02. The minimum atomic E-state index is -0.135. The molecular formula is C18H22N4O2. The molecule has 3 rings (SSSR count). The van der Waals surface area contributed by atoms with Crippen LogP contribution in [-0.4, -0.2) is 26.0 Å². The summed E-state index contributed by atoms with van der Waals surface area (Å²) in [6.07, 6.45) is 3.84. The van der Waals surface area contributed by atoms with Crippen LogP contribution in [0.15, 0.2) is 47.7 Å². The van der Waals surface area contributed by atoms with Gasteiger partial charge in [0.2, 0.25) is 0 Å². The third-order valence-electron chi connectivity index (χ3n) is 3.93. The van der Waals surface area contributed by atoms with Gasteiger partial charge in [-0.15, -0.1) is 0 Å². The second-order valence-corrected chi connectivity index (χ2v) is 6.80. The van der Waals surface area contributed by atoms with Gasteiger partial charge in [0.15, 0.2) is 0 Å². The molecule has 0 spiro atoms. The molecule has 0 radical (unpaired) electrons. The number of aromatic nitrogens is 4. The third-order valence-corrected chi connectivity index (χ3v) is 3.93. The Morgan fingerprint density at radius 1 is 1.08 bits per heavy atom. The van der Waals surface area contributed by atoms with Crippen LogP contribution in [-0.2, 0) is 12.0 Å². The molecular weight excluding hydrogens is 304 g/mol. The van der Waals surface area contributed by atoms with Crippen LogP contribution in [0, 0.1) is 0 Å². The van der Waals surface area contributed by atoms with Crippen LogP contribution in [0.4, 0.5) is 0 Å². The highest BCUT2D eigenvalue weighted by Gasteiger charge is 2.12. The summed E-state index contributed by atoms with van der Waals surface area (Å²) in [6.45, 7) is 7.61. The number of benzene rings is 1. The van der Waals surface area contributed by atoms with E-state index in [0.29, 0.717) is 25.1 Å². The molecule has 6 heteroatoms. The Balaban J connectivity index is 1.55. The zero-order chi connectivity index (χ0) is 17.2. The monoisotopic (exact) mass is 326 g/mol. The van der Waals surface area contributed by atoms with Gasteiger partial charge in [-0.1, -0.05) is 32.9 Å². The van der Waals surface area contributed by atoms with Crippen LogP contribution in [0.2, 0.25) is 0 Å². The van der Waals surface area contributed by atoms with Crippen LogP contribution in [0.25, 0.3) is 5.52 Å². The molecule has 0 atom stereocenters. The van der Waals surface area contributed by atoms with Gasteiger partial charge >= 0.3 is 0 Å². The van der Waals surface area contributed by atoms with E-state index >= 15 is 0 Å². The van der Waals surface area contributed by atoms with E-state index in [4.69, 9.17) is 4.74 Å². The van der Waals surface area contributed by atoms with Gasteiger partial charge in [-0.3, -0.25) is 4.79 Å². The number of aryl methyl sites for hydroxylation is 1. The molecule has 0 bridgehead atoms. The maximum Gasteiger partial charge on any atom is 0.292 e. The highest BCUT2D eigenvalue weighted by atomic mass is 16.5. The second kappa shape index (κ2) is 6.47. The summed E-state index contributed by atoms with van der Waals surface area (Å²) < 4.78 is 8.67. The van der Waals surface area contributed by atoms with Crippen molar-refractivity contribution in [1.82, 2.24) is 19.4 Å². The maximum atomic E-state index is 12.2. The molecule has 0 N–H and O–H groups in total. The summed E-state index contributed by atoms with van der Waals surface area (Å²) in [5.74, 6) is 0.842.